The summed E-state index contributed by atoms with van der Waals surface area (Å²) in [6, 6.07) is 0. The molecule has 1 aliphatic rings. The first-order chi connectivity index (χ1) is 8.49. The quantitative estimate of drug-likeness (QED) is 0.895. The molecule has 0 amide bonds. The van der Waals surface area contributed by atoms with E-state index >= 15 is 0 Å². The number of nitrogens with zero attached hydrogens (tertiary/aromatic N) is 3. The number of aromatic nitrogens is 1. The summed E-state index contributed by atoms with van der Waals surface area (Å²) in [5.41, 5.74) is -0.677. The van der Waals surface area contributed by atoms with Gasteiger partial charge in [-0.2, -0.15) is 0 Å². The Hall–Kier alpha value is -1.14. The highest BCUT2D eigenvalue weighted by atomic mass is 32.1. The summed E-state index contributed by atoms with van der Waals surface area (Å²) in [6.07, 6.45) is 1.82. The van der Waals surface area contributed by atoms with Gasteiger partial charge in [0.15, 0.2) is 5.13 Å². The van der Waals surface area contributed by atoms with Crippen LogP contribution in [0.25, 0.3) is 0 Å². The minimum absolute atomic E-state index is 0.605. The smallest absolute Gasteiger partial charge is 0.310 e. The number of thiazole rings is 1. The Morgan fingerprint density at radius 1 is 1.44 bits per heavy atom. The molecule has 1 fully saturated rings. The van der Waals surface area contributed by atoms with Crippen LogP contribution in [0.2, 0.25) is 0 Å². The molecule has 2 rings (SSSR count). The number of piperazine rings is 1. The summed E-state index contributed by atoms with van der Waals surface area (Å²) in [5, 5.41) is 12.2. The predicted octanol–water partition coefficient (Wildman–Crippen LogP) is 1.38. The molecule has 2 heterocycles. The van der Waals surface area contributed by atoms with Crippen molar-refractivity contribution < 1.29 is 9.90 Å². The standard InChI is InChI=1S/C12H19N3O2S/c1-12(2,10(16)17)9-14-4-6-15(7-5-14)11-13-3-8-18-11/h3,8H,4-7,9H2,1-2H3,(H,16,17). The summed E-state index contributed by atoms with van der Waals surface area (Å²) in [7, 11) is 0. The Morgan fingerprint density at radius 3 is 2.61 bits per heavy atom. The van der Waals surface area contributed by atoms with E-state index in [9.17, 15) is 4.79 Å². The van der Waals surface area contributed by atoms with Gasteiger partial charge >= 0.3 is 5.97 Å². The third kappa shape index (κ3) is 3.00. The zero-order valence-corrected chi connectivity index (χ0v) is 11.6. The van der Waals surface area contributed by atoms with Crippen LogP contribution in [-0.2, 0) is 4.79 Å². The second kappa shape index (κ2) is 5.24. The molecular weight excluding hydrogens is 250 g/mol. The molecule has 0 atom stereocenters. The third-order valence-electron chi connectivity index (χ3n) is 3.26. The molecule has 1 N–H and O–H groups in total. The summed E-state index contributed by atoms with van der Waals surface area (Å²) >= 11 is 1.65. The van der Waals surface area contributed by atoms with Crippen molar-refractivity contribution in [2.45, 2.75) is 13.8 Å². The third-order valence-corrected chi connectivity index (χ3v) is 4.09. The van der Waals surface area contributed by atoms with Crippen LogP contribution in [-0.4, -0.2) is 53.7 Å². The van der Waals surface area contributed by atoms with Crippen molar-refractivity contribution >= 4 is 22.4 Å². The van der Waals surface area contributed by atoms with E-state index in [0.29, 0.717) is 6.54 Å². The zero-order valence-electron chi connectivity index (χ0n) is 10.8. The van der Waals surface area contributed by atoms with Gasteiger partial charge in [0.25, 0.3) is 0 Å². The summed E-state index contributed by atoms with van der Waals surface area (Å²) < 4.78 is 0. The number of rotatable bonds is 4. The highest BCUT2D eigenvalue weighted by molar-refractivity contribution is 7.13. The van der Waals surface area contributed by atoms with Crippen molar-refractivity contribution in [1.82, 2.24) is 9.88 Å². The molecule has 0 saturated carbocycles. The van der Waals surface area contributed by atoms with Crippen LogP contribution >= 0.6 is 11.3 Å². The summed E-state index contributed by atoms with van der Waals surface area (Å²) in [6.45, 7) is 7.80. The van der Waals surface area contributed by atoms with Gasteiger partial charge in [-0.05, 0) is 13.8 Å². The number of hydrogen-bond acceptors (Lipinski definition) is 5. The first-order valence-electron chi connectivity index (χ1n) is 6.09. The highest BCUT2D eigenvalue weighted by Gasteiger charge is 2.31. The maximum absolute atomic E-state index is 11.1. The molecule has 5 nitrogen and oxygen atoms in total. The zero-order chi connectivity index (χ0) is 13.2. The van der Waals surface area contributed by atoms with E-state index in [-0.39, 0.29) is 0 Å². The van der Waals surface area contributed by atoms with Gasteiger partial charge in [0.05, 0.1) is 5.41 Å². The minimum Gasteiger partial charge on any atom is -0.481 e. The number of anilines is 1. The van der Waals surface area contributed by atoms with Gasteiger partial charge in [-0.15, -0.1) is 11.3 Å². The lowest BCUT2D eigenvalue weighted by Crippen LogP contribution is -2.50. The van der Waals surface area contributed by atoms with Crippen LogP contribution in [0.3, 0.4) is 0 Å². The summed E-state index contributed by atoms with van der Waals surface area (Å²) in [5.74, 6) is -0.732. The van der Waals surface area contributed by atoms with Gasteiger partial charge in [-0.3, -0.25) is 9.69 Å². The van der Waals surface area contributed by atoms with Crippen molar-refractivity contribution in [1.29, 1.82) is 0 Å². The number of aliphatic carboxylic acids is 1. The van der Waals surface area contributed by atoms with Crippen molar-refractivity contribution in [3.63, 3.8) is 0 Å². The van der Waals surface area contributed by atoms with Crippen molar-refractivity contribution in [2.75, 3.05) is 37.6 Å². The average Bonchev–Trinajstić information content (AvgIpc) is 2.83. The second-order valence-corrected chi connectivity index (χ2v) is 6.14. The molecule has 1 aliphatic heterocycles. The lowest BCUT2D eigenvalue weighted by Gasteiger charge is -2.37. The second-order valence-electron chi connectivity index (χ2n) is 5.27. The Morgan fingerprint density at radius 2 is 2.11 bits per heavy atom. The Kier molecular flexibility index (Phi) is 3.87. The minimum atomic E-state index is -0.732. The first-order valence-corrected chi connectivity index (χ1v) is 6.97. The van der Waals surface area contributed by atoms with E-state index in [1.54, 1.807) is 25.2 Å². The van der Waals surface area contributed by atoms with Crippen LogP contribution in [0.15, 0.2) is 11.6 Å². The molecule has 0 aliphatic carbocycles. The highest BCUT2D eigenvalue weighted by Crippen LogP contribution is 2.21. The van der Waals surface area contributed by atoms with Crippen LogP contribution < -0.4 is 4.90 Å². The number of carbonyl (C=O) groups is 1. The fourth-order valence-electron chi connectivity index (χ4n) is 2.10. The monoisotopic (exact) mass is 269 g/mol. The lowest BCUT2D eigenvalue weighted by atomic mass is 9.93. The van der Waals surface area contributed by atoms with E-state index in [0.717, 1.165) is 31.3 Å². The SMILES string of the molecule is CC(C)(CN1CCN(c2nccs2)CC1)C(=O)O. The molecular formula is C12H19N3O2S. The fourth-order valence-corrected chi connectivity index (χ4v) is 2.79. The number of carboxylic acid groups (broad SMARTS) is 1. The van der Waals surface area contributed by atoms with E-state index in [1.165, 1.54) is 0 Å². The average molecular weight is 269 g/mol. The van der Waals surface area contributed by atoms with Gasteiger partial charge in [0.1, 0.15) is 0 Å². The van der Waals surface area contributed by atoms with Crippen LogP contribution in [0.5, 0.6) is 0 Å². The molecule has 0 spiro atoms. The van der Waals surface area contributed by atoms with Crippen molar-refractivity contribution in [3.8, 4) is 0 Å². The van der Waals surface area contributed by atoms with Crippen LogP contribution in [0, 0.1) is 5.41 Å². The Bertz CT molecular complexity index is 397. The lowest BCUT2D eigenvalue weighted by molar-refractivity contribution is -0.148. The van der Waals surface area contributed by atoms with Gasteiger partial charge in [0, 0.05) is 44.3 Å². The predicted molar refractivity (Wildman–Crippen MR) is 72.2 cm³/mol. The molecule has 18 heavy (non-hydrogen) atoms. The molecule has 1 aromatic heterocycles. The van der Waals surface area contributed by atoms with Gasteiger partial charge in [-0.25, -0.2) is 4.98 Å². The van der Waals surface area contributed by atoms with Crippen LogP contribution in [0.4, 0.5) is 5.13 Å². The molecule has 100 valence electrons. The maximum atomic E-state index is 11.1. The Balaban J connectivity index is 1.86. The molecule has 1 saturated heterocycles. The van der Waals surface area contributed by atoms with E-state index < -0.39 is 11.4 Å². The largest absolute Gasteiger partial charge is 0.481 e. The molecule has 1 aromatic rings. The molecule has 6 heteroatoms. The van der Waals surface area contributed by atoms with Crippen molar-refractivity contribution in [3.05, 3.63) is 11.6 Å². The van der Waals surface area contributed by atoms with Gasteiger partial charge in [0.2, 0.25) is 0 Å². The van der Waals surface area contributed by atoms with Crippen LogP contribution in [0.1, 0.15) is 13.8 Å². The van der Waals surface area contributed by atoms with E-state index in [4.69, 9.17) is 5.11 Å². The molecule has 0 aromatic carbocycles. The van der Waals surface area contributed by atoms with E-state index in [2.05, 4.69) is 14.8 Å². The summed E-state index contributed by atoms with van der Waals surface area (Å²) in [4.78, 5) is 19.9. The molecule has 0 bridgehead atoms. The normalized spacial score (nSPS) is 18.0. The Labute approximate surface area is 111 Å². The first kappa shape index (κ1) is 13.3. The number of hydrogen-bond donors (Lipinski definition) is 1. The molecule has 0 radical (unpaired) electrons. The topological polar surface area (TPSA) is 56.7 Å². The maximum Gasteiger partial charge on any atom is 0.310 e. The van der Waals surface area contributed by atoms with Gasteiger partial charge < -0.3 is 10.0 Å². The number of carboxylic acids is 1. The van der Waals surface area contributed by atoms with E-state index in [1.807, 2.05) is 11.6 Å². The fraction of sp³-hybridized carbons (Fsp3) is 0.667. The van der Waals surface area contributed by atoms with Gasteiger partial charge in [-0.1, -0.05) is 0 Å². The van der Waals surface area contributed by atoms with Crippen molar-refractivity contribution in [2.24, 2.45) is 5.41 Å². The molecule has 0 unspecified atom stereocenters.